The Kier molecular flexibility index (Phi) is 1.75. The molecule has 2 fully saturated rings. The predicted octanol–water partition coefficient (Wildman–Crippen LogP) is 0.416. The van der Waals surface area contributed by atoms with E-state index < -0.39 is 0 Å². The Hall–Kier alpha value is -1.06. The standard InChI is InChI=1S/C8H11NO3/c10-4-6-1-2-9-7(3-6)5-12-8(9)11/h4,6-7H,1-3,5H2/t6-,7-/m0/s1. The average molecular weight is 169 g/mol. The molecule has 2 saturated heterocycles. The third-order valence-electron chi connectivity index (χ3n) is 2.58. The van der Waals surface area contributed by atoms with Crippen molar-refractivity contribution in [1.29, 1.82) is 0 Å². The molecule has 0 radical (unpaired) electrons. The van der Waals surface area contributed by atoms with Crippen LogP contribution in [0.25, 0.3) is 0 Å². The van der Waals surface area contributed by atoms with Gasteiger partial charge in [-0.15, -0.1) is 0 Å². The first-order valence-corrected chi connectivity index (χ1v) is 4.20. The topological polar surface area (TPSA) is 46.6 Å². The third-order valence-corrected chi connectivity index (χ3v) is 2.58. The number of amides is 1. The highest BCUT2D eigenvalue weighted by Gasteiger charge is 2.37. The summed E-state index contributed by atoms with van der Waals surface area (Å²) in [5, 5.41) is 0. The van der Waals surface area contributed by atoms with Crippen molar-refractivity contribution in [3.63, 3.8) is 0 Å². The van der Waals surface area contributed by atoms with Gasteiger partial charge in [-0.3, -0.25) is 0 Å². The van der Waals surface area contributed by atoms with Crippen LogP contribution in [0.2, 0.25) is 0 Å². The quantitative estimate of drug-likeness (QED) is 0.534. The second-order valence-electron chi connectivity index (χ2n) is 3.34. The minimum atomic E-state index is -0.218. The smallest absolute Gasteiger partial charge is 0.410 e. The zero-order chi connectivity index (χ0) is 8.55. The van der Waals surface area contributed by atoms with E-state index in [4.69, 9.17) is 4.74 Å². The Bertz CT molecular complexity index is 216. The van der Waals surface area contributed by atoms with Gasteiger partial charge in [0.1, 0.15) is 12.9 Å². The molecule has 66 valence electrons. The van der Waals surface area contributed by atoms with Crippen LogP contribution in [0.3, 0.4) is 0 Å². The molecule has 12 heavy (non-hydrogen) atoms. The number of carbonyl (C=O) groups excluding carboxylic acids is 2. The summed E-state index contributed by atoms with van der Waals surface area (Å²) >= 11 is 0. The zero-order valence-electron chi connectivity index (χ0n) is 6.73. The fourth-order valence-corrected chi connectivity index (χ4v) is 1.85. The largest absolute Gasteiger partial charge is 0.447 e. The molecule has 2 rings (SSSR count). The monoisotopic (exact) mass is 169 g/mol. The van der Waals surface area contributed by atoms with E-state index >= 15 is 0 Å². The van der Waals surface area contributed by atoms with E-state index in [1.165, 1.54) is 0 Å². The molecule has 0 aromatic rings. The number of piperidine rings is 1. The summed E-state index contributed by atoms with van der Waals surface area (Å²) in [5.41, 5.74) is 0. The molecule has 0 spiro atoms. The SMILES string of the molecule is O=C[C@H]1CCN2C(=O)OC[C@@H]2C1. The molecule has 0 unspecified atom stereocenters. The van der Waals surface area contributed by atoms with Gasteiger partial charge in [0.15, 0.2) is 0 Å². The molecule has 2 atom stereocenters. The van der Waals surface area contributed by atoms with Crippen LogP contribution < -0.4 is 0 Å². The van der Waals surface area contributed by atoms with Crippen molar-refractivity contribution < 1.29 is 14.3 Å². The first kappa shape index (κ1) is 7.58. The van der Waals surface area contributed by atoms with E-state index in [1.54, 1.807) is 4.90 Å². The molecule has 0 N–H and O–H groups in total. The predicted molar refractivity (Wildman–Crippen MR) is 40.6 cm³/mol. The Labute approximate surface area is 70.5 Å². The van der Waals surface area contributed by atoms with Gasteiger partial charge in [-0.05, 0) is 12.8 Å². The summed E-state index contributed by atoms with van der Waals surface area (Å²) in [6, 6.07) is 0.154. The van der Waals surface area contributed by atoms with Gasteiger partial charge in [0, 0.05) is 12.5 Å². The normalized spacial score (nSPS) is 34.3. The first-order valence-electron chi connectivity index (χ1n) is 4.20. The minimum Gasteiger partial charge on any atom is -0.447 e. The lowest BCUT2D eigenvalue weighted by molar-refractivity contribution is -0.112. The van der Waals surface area contributed by atoms with E-state index in [2.05, 4.69) is 0 Å². The van der Waals surface area contributed by atoms with Gasteiger partial charge < -0.3 is 14.4 Å². The maximum absolute atomic E-state index is 11.0. The van der Waals surface area contributed by atoms with Crippen molar-refractivity contribution >= 4 is 12.4 Å². The van der Waals surface area contributed by atoms with Crippen LogP contribution in [-0.4, -0.2) is 36.5 Å². The van der Waals surface area contributed by atoms with Gasteiger partial charge in [-0.2, -0.15) is 0 Å². The maximum atomic E-state index is 11.0. The summed E-state index contributed by atoms with van der Waals surface area (Å²) in [5.74, 6) is 0.126. The van der Waals surface area contributed by atoms with Crippen molar-refractivity contribution in [2.75, 3.05) is 13.2 Å². The van der Waals surface area contributed by atoms with E-state index in [1.807, 2.05) is 0 Å². The molecule has 0 aliphatic carbocycles. The van der Waals surface area contributed by atoms with Gasteiger partial charge >= 0.3 is 6.09 Å². The molecule has 1 amide bonds. The number of hydrogen-bond donors (Lipinski definition) is 0. The highest BCUT2D eigenvalue weighted by atomic mass is 16.6. The molecule has 0 saturated carbocycles. The van der Waals surface area contributed by atoms with Crippen LogP contribution in [0.5, 0.6) is 0 Å². The molecule has 0 aromatic heterocycles. The molecule has 2 aliphatic heterocycles. The lowest BCUT2D eigenvalue weighted by Crippen LogP contribution is -2.41. The van der Waals surface area contributed by atoms with Crippen molar-refractivity contribution in [3.8, 4) is 0 Å². The second kappa shape index (κ2) is 2.77. The molecule has 4 nitrogen and oxygen atoms in total. The Balaban J connectivity index is 2.03. The van der Waals surface area contributed by atoms with Crippen LogP contribution in [-0.2, 0) is 9.53 Å². The van der Waals surface area contributed by atoms with Gasteiger partial charge in [0.05, 0.1) is 6.04 Å². The number of cyclic esters (lactones) is 1. The minimum absolute atomic E-state index is 0.126. The summed E-state index contributed by atoms with van der Waals surface area (Å²) < 4.78 is 4.86. The molecule has 2 aliphatic rings. The lowest BCUT2D eigenvalue weighted by Gasteiger charge is -2.29. The number of rotatable bonds is 1. The van der Waals surface area contributed by atoms with Gasteiger partial charge in [-0.1, -0.05) is 0 Å². The fourth-order valence-electron chi connectivity index (χ4n) is 1.85. The van der Waals surface area contributed by atoms with E-state index in [-0.39, 0.29) is 18.1 Å². The number of carbonyl (C=O) groups is 2. The van der Waals surface area contributed by atoms with Crippen molar-refractivity contribution in [2.24, 2.45) is 5.92 Å². The Morgan fingerprint density at radius 1 is 1.58 bits per heavy atom. The highest BCUT2D eigenvalue weighted by molar-refractivity contribution is 5.70. The number of aldehydes is 1. The van der Waals surface area contributed by atoms with Crippen molar-refractivity contribution in [2.45, 2.75) is 18.9 Å². The molecule has 2 heterocycles. The van der Waals surface area contributed by atoms with Crippen LogP contribution >= 0.6 is 0 Å². The van der Waals surface area contributed by atoms with E-state index in [0.717, 1.165) is 19.1 Å². The molecule has 0 aromatic carbocycles. The lowest BCUT2D eigenvalue weighted by atomic mass is 9.93. The highest BCUT2D eigenvalue weighted by Crippen LogP contribution is 2.26. The number of nitrogens with zero attached hydrogens (tertiary/aromatic N) is 1. The van der Waals surface area contributed by atoms with Gasteiger partial charge in [0.2, 0.25) is 0 Å². The summed E-state index contributed by atoms with van der Waals surface area (Å²) in [4.78, 5) is 23.2. The number of ether oxygens (including phenoxy) is 1. The van der Waals surface area contributed by atoms with Crippen LogP contribution in [0.1, 0.15) is 12.8 Å². The third kappa shape index (κ3) is 1.07. The molecular weight excluding hydrogens is 158 g/mol. The summed E-state index contributed by atoms with van der Waals surface area (Å²) in [6.45, 7) is 1.14. The number of fused-ring (bicyclic) bond motifs is 1. The molecular formula is C8H11NO3. The fraction of sp³-hybridized carbons (Fsp3) is 0.750. The maximum Gasteiger partial charge on any atom is 0.410 e. The van der Waals surface area contributed by atoms with Gasteiger partial charge in [0.25, 0.3) is 0 Å². The summed E-state index contributed by atoms with van der Waals surface area (Å²) in [6.07, 6.45) is 2.33. The van der Waals surface area contributed by atoms with Crippen molar-refractivity contribution in [1.82, 2.24) is 4.90 Å². The Morgan fingerprint density at radius 2 is 2.42 bits per heavy atom. The Morgan fingerprint density at radius 3 is 3.17 bits per heavy atom. The second-order valence-corrected chi connectivity index (χ2v) is 3.34. The van der Waals surface area contributed by atoms with Crippen molar-refractivity contribution in [3.05, 3.63) is 0 Å². The zero-order valence-corrected chi connectivity index (χ0v) is 6.73. The molecule has 0 bridgehead atoms. The number of hydrogen-bond acceptors (Lipinski definition) is 3. The summed E-state index contributed by atoms with van der Waals surface area (Å²) in [7, 11) is 0. The molecule has 4 heteroatoms. The van der Waals surface area contributed by atoms with Crippen LogP contribution in [0.4, 0.5) is 4.79 Å². The van der Waals surface area contributed by atoms with Crippen LogP contribution in [0, 0.1) is 5.92 Å². The van der Waals surface area contributed by atoms with E-state index in [9.17, 15) is 9.59 Å². The first-order chi connectivity index (χ1) is 5.81. The van der Waals surface area contributed by atoms with E-state index in [0.29, 0.717) is 13.2 Å². The van der Waals surface area contributed by atoms with Crippen LogP contribution in [0.15, 0.2) is 0 Å². The van der Waals surface area contributed by atoms with Gasteiger partial charge in [-0.25, -0.2) is 4.79 Å². The average Bonchev–Trinajstić information content (AvgIpc) is 2.47.